The number of benzene rings is 1. The van der Waals surface area contributed by atoms with Crippen molar-refractivity contribution < 1.29 is 18.0 Å². The van der Waals surface area contributed by atoms with Gasteiger partial charge in [-0.15, -0.1) is 0 Å². The standard InChI is InChI=1S/C13H15NO4S/c15-12-7-6-11(13(16)14-12)9-19(17,18)8-10-4-2-1-3-5-10/h1-5,11H,6-9H2,(H,14,15,16). The zero-order valence-corrected chi connectivity index (χ0v) is 11.2. The fraction of sp³-hybridized carbons (Fsp3) is 0.385. The van der Waals surface area contributed by atoms with Gasteiger partial charge in [0.2, 0.25) is 11.8 Å². The summed E-state index contributed by atoms with van der Waals surface area (Å²) in [5, 5.41) is 2.17. The minimum Gasteiger partial charge on any atom is -0.296 e. The molecule has 5 nitrogen and oxygen atoms in total. The van der Waals surface area contributed by atoms with Crippen LogP contribution in [-0.4, -0.2) is 26.0 Å². The molecule has 1 unspecified atom stereocenters. The van der Waals surface area contributed by atoms with Crippen LogP contribution in [-0.2, 0) is 25.2 Å². The summed E-state index contributed by atoms with van der Waals surface area (Å²) in [6.45, 7) is 0. The predicted molar refractivity (Wildman–Crippen MR) is 69.8 cm³/mol. The third-order valence-electron chi connectivity index (χ3n) is 3.04. The van der Waals surface area contributed by atoms with E-state index in [1.165, 1.54) is 0 Å². The maximum Gasteiger partial charge on any atom is 0.230 e. The van der Waals surface area contributed by atoms with Crippen molar-refractivity contribution in [2.24, 2.45) is 5.92 Å². The second-order valence-electron chi connectivity index (χ2n) is 4.69. The molecule has 0 aromatic heterocycles. The topological polar surface area (TPSA) is 80.3 Å². The lowest BCUT2D eigenvalue weighted by Crippen LogP contribution is -2.43. The van der Waals surface area contributed by atoms with Gasteiger partial charge in [-0.1, -0.05) is 30.3 Å². The summed E-state index contributed by atoms with van der Waals surface area (Å²) in [6, 6.07) is 8.84. The monoisotopic (exact) mass is 281 g/mol. The van der Waals surface area contributed by atoms with Gasteiger partial charge in [-0.05, 0) is 12.0 Å². The summed E-state index contributed by atoms with van der Waals surface area (Å²) < 4.78 is 24.1. The van der Waals surface area contributed by atoms with Crippen LogP contribution < -0.4 is 5.32 Å². The molecule has 2 rings (SSSR count). The molecule has 1 aliphatic heterocycles. The average molecular weight is 281 g/mol. The van der Waals surface area contributed by atoms with E-state index in [0.29, 0.717) is 12.0 Å². The van der Waals surface area contributed by atoms with Gasteiger partial charge in [0.15, 0.2) is 9.84 Å². The van der Waals surface area contributed by atoms with Crippen molar-refractivity contribution in [2.45, 2.75) is 18.6 Å². The molecule has 1 heterocycles. The number of imide groups is 1. The molecule has 1 aromatic rings. The van der Waals surface area contributed by atoms with Crippen molar-refractivity contribution >= 4 is 21.7 Å². The van der Waals surface area contributed by atoms with Crippen molar-refractivity contribution in [1.29, 1.82) is 0 Å². The second-order valence-corrected chi connectivity index (χ2v) is 6.80. The molecule has 102 valence electrons. The quantitative estimate of drug-likeness (QED) is 0.822. The third kappa shape index (κ3) is 3.89. The first-order chi connectivity index (χ1) is 8.96. The molecule has 1 saturated heterocycles. The van der Waals surface area contributed by atoms with Crippen LogP contribution in [0.25, 0.3) is 0 Å². The van der Waals surface area contributed by atoms with Crippen LogP contribution in [0, 0.1) is 5.92 Å². The first-order valence-electron chi connectivity index (χ1n) is 6.04. The lowest BCUT2D eigenvalue weighted by Gasteiger charge is -2.20. The van der Waals surface area contributed by atoms with E-state index in [1.807, 2.05) is 6.07 Å². The Labute approximate surface area is 111 Å². The summed E-state index contributed by atoms with van der Waals surface area (Å²) in [6.07, 6.45) is 0.510. The van der Waals surface area contributed by atoms with Crippen molar-refractivity contribution in [1.82, 2.24) is 5.32 Å². The van der Waals surface area contributed by atoms with Crippen molar-refractivity contribution in [3.63, 3.8) is 0 Å². The predicted octanol–water partition coefficient (Wildman–Crippen LogP) is 0.654. The maximum absolute atomic E-state index is 12.0. The minimum absolute atomic E-state index is 0.0778. The Bertz CT molecular complexity index is 580. The number of amides is 2. The lowest BCUT2D eigenvalue weighted by molar-refractivity contribution is -0.135. The van der Waals surface area contributed by atoms with Gasteiger partial charge in [-0.3, -0.25) is 14.9 Å². The summed E-state index contributed by atoms with van der Waals surface area (Å²) in [5.41, 5.74) is 0.704. The highest BCUT2D eigenvalue weighted by molar-refractivity contribution is 7.90. The van der Waals surface area contributed by atoms with Crippen molar-refractivity contribution in [2.75, 3.05) is 5.75 Å². The number of hydrogen-bond acceptors (Lipinski definition) is 4. The maximum atomic E-state index is 12.0. The van der Waals surface area contributed by atoms with Crippen LogP contribution >= 0.6 is 0 Å². The molecule has 1 aliphatic rings. The van der Waals surface area contributed by atoms with E-state index in [0.717, 1.165) is 0 Å². The molecular formula is C13H15NO4S. The minimum atomic E-state index is -3.36. The average Bonchev–Trinajstić information content (AvgIpc) is 2.33. The Kier molecular flexibility index (Phi) is 3.99. The molecule has 6 heteroatoms. The van der Waals surface area contributed by atoms with Crippen molar-refractivity contribution in [3.8, 4) is 0 Å². The number of piperidine rings is 1. The summed E-state index contributed by atoms with van der Waals surface area (Å²) in [7, 11) is -3.36. The molecule has 19 heavy (non-hydrogen) atoms. The van der Waals surface area contributed by atoms with Gasteiger partial charge in [0.1, 0.15) is 0 Å². The number of hydrogen-bond donors (Lipinski definition) is 1. The van der Waals surface area contributed by atoms with Crippen molar-refractivity contribution in [3.05, 3.63) is 35.9 Å². The molecule has 1 aromatic carbocycles. The van der Waals surface area contributed by atoms with Gasteiger partial charge in [0, 0.05) is 6.42 Å². The normalized spacial score (nSPS) is 20.1. The van der Waals surface area contributed by atoms with E-state index in [9.17, 15) is 18.0 Å². The first kappa shape index (κ1) is 13.7. The Morgan fingerprint density at radius 1 is 1.16 bits per heavy atom. The fourth-order valence-electron chi connectivity index (χ4n) is 2.09. The highest BCUT2D eigenvalue weighted by atomic mass is 32.2. The summed E-state index contributed by atoms with van der Waals surface area (Å²) >= 11 is 0. The third-order valence-corrected chi connectivity index (χ3v) is 4.72. The van der Waals surface area contributed by atoms with Crippen LogP contribution in [0.1, 0.15) is 18.4 Å². The Morgan fingerprint density at radius 2 is 1.84 bits per heavy atom. The number of sulfone groups is 1. The molecule has 0 bridgehead atoms. The molecule has 0 saturated carbocycles. The van der Waals surface area contributed by atoms with Gasteiger partial charge < -0.3 is 0 Å². The van der Waals surface area contributed by atoms with Crippen LogP contribution in [0.5, 0.6) is 0 Å². The van der Waals surface area contributed by atoms with Gasteiger partial charge in [0.05, 0.1) is 17.4 Å². The SMILES string of the molecule is O=C1CCC(CS(=O)(=O)Cc2ccccc2)C(=O)N1. The Balaban J connectivity index is 2.01. The molecule has 1 atom stereocenters. The molecule has 1 fully saturated rings. The molecule has 2 amide bonds. The van der Waals surface area contributed by atoms with Gasteiger partial charge in [-0.25, -0.2) is 8.42 Å². The number of nitrogens with one attached hydrogen (secondary N) is 1. The largest absolute Gasteiger partial charge is 0.296 e. The van der Waals surface area contributed by atoms with E-state index in [2.05, 4.69) is 5.32 Å². The molecule has 0 radical (unpaired) electrons. The zero-order chi connectivity index (χ0) is 13.9. The molecule has 0 spiro atoms. The van der Waals surface area contributed by atoms with Gasteiger partial charge >= 0.3 is 0 Å². The van der Waals surface area contributed by atoms with Crippen LogP contribution in [0.2, 0.25) is 0 Å². The zero-order valence-electron chi connectivity index (χ0n) is 10.3. The van der Waals surface area contributed by atoms with E-state index in [4.69, 9.17) is 0 Å². The van der Waals surface area contributed by atoms with Gasteiger partial charge in [-0.2, -0.15) is 0 Å². The van der Waals surface area contributed by atoms with Gasteiger partial charge in [0.25, 0.3) is 0 Å². The molecular weight excluding hydrogens is 266 g/mol. The highest BCUT2D eigenvalue weighted by Crippen LogP contribution is 2.17. The molecule has 1 N–H and O–H groups in total. The smallest absolute Gasteiger partial charge is 0.230 e. The number of carbonyl (C=O) groups is 2. The Hall–Kier alpha value is -1.69. The fourth-order valence-corrected chi connectivity index (χ4v) is 3.84. The van der Waals surface area contributed by atoms with E-state index >= 15 is 0 Å². The molecule has 0 aliphatic carbocycles. The van der Waals surface area contributed by atoms with E-state index in [1.54, 1.807) is 24.3 Å². The highest BCUT2D eigenvalue weighted by Gasteiger charge is 2.30. The summed E-state index contributed by atoms with van der Waals surface area (Å²) in [4.78, 5) is 22.5. The Morgan fingerprint density at radius 3 is 2.47 bits per heavy atom. The number of rotatable bonds is 4. The van der Waals surface area contributed by atoms with Crippen LogP contribution in [0.3, 0.4) is 0 Å². The lowest BCUT2D eigenvalue weighted by atomic mass is 10.0. The first-order valence-corrected chi connectivity index (χ1v) is 7.86. The number of carbonyl (C=O) groups excluding carboxylic acids is 2. The van der Waals surface area contributed by atoms with Crippen LogP contribution in [0.4, 0.5) is 0 Å². The second kappa shape index (κ2) is 5.52. The van der Waals surface area contributed by atoms with E-state index < -0.39 is 21.7 Å². The summed E-state index contributed by atoms with van der Waals surface area (Å²) in [5.74, 6) is -1.71. The van der Waals surface area contributed by atoms with E-state index in [-0.39, 0.29) is 23.8 Å². The van der Waals surface area contributed by atoms with Crippen LogP contribution in [0.15, 0.2) is 30.3 Å².